The van der Waals surface area contributed by atoms with E-state index in [9.17, 15) is 9.59 Å². The highest BCUT2D eigenvalue weighted by molar-refractivity contribution is 7.81. The second kappa shape index (κ2) is 5.56. The molecule has 2 aliphatic heterocycles. The fraction of sp³-hybridized carbons (Fsp3) is 0.867. The van der Waals surface area contributed by atoms with Gasteiger partial charge in [0.15, 0.2) is 0 Å². The maximum absolute atomic E-state index is 12.5. The first kappa shape index (κ1) is 15.3. The Hall–Kier alpha value is -0.590. The first-order chi connectivity index (χ1) is 9.99. The summed E-state index contributed by atoms with van der Waals surface area (Å²) < 4.78 is 11.2. The number of ether oxygens (including phenoxy) is 2. The SMILES string of the molecule is CCOC(=O)[C@@H]1[C@H]2CCC(=O)[C@H]2CN1[C@]1(C)OCC[C@@H]1S. The molecule has 21 heavy (non-hydrogen) atoms. The van der Waals surface area contributed by atoms with Crippen molar-refractivity contribution in [3.8, 4) is 0 Å². The Morgan fingerprint density at radius 1 is 1.52 bits per heavy atom. The average molecular weight is 313 g/mol. The molecule has 0 N–H and O–H groups in total. The Bertz CT molecular complexity index is 457. The van der Waals surface area contributed by atoms with Gasteiger partial charge in [-0.15, -0.1) is 0 Å². The van der Waals surface area contributed by atoms with Crippen molar-refractivity contribution >= 4 is 24.4 Å². The van der Waals surface area contributed by atoms with E-state index < -0.39 is 5.72 Å². The van der Waals surface area contributed by atoms with Gasteiger partial charge in [-0.05, 0) is 32.6 Å². The van der Waals surface area contributed by atoms with Gasteiger partial charge in [-0.3, -0.25) is 14.5 Å². The van der Waals surface area contributed by atoms with Crippen LogP contribution in [0.25, 0.3) is 0 Å². The number of likely N-dealkylation sites (tertiary alicyclic amines) is 1. The summed E-state index contributed by atoms with van der Waals surface area (Å²) in [5.74, 6) is 0.0603. The minimum atomic E-state index is -0.592. The molecule has 0 unspecified atom stereocenters. The van der Waals surface area contributed by atoms with Gasteiger partial charge in [-0.25, -0.2) is 0 Å². The van der Waals surface area contributed by atoms with Crippen molar-refractivity contribution in [3.05, 3.63) is 0 Å². The molecule has 6 heteroatoms. The molecular weight excluding hydrogens is 290 g/mol. The third kappa shape index (κ3) is 2.32. The van der Waals surface area contributed by atoms with Crippen LogP contribution in [-0.2, 0) is 19.1 Å². The second-order valence-electron chi connectivity index (χ2n) is 6.33. The molecule has 2 saturated heterocycles. The number of fused-ring (bicyclic) bond motifs is 1. The van der Waals surface area contributed by atoms with E-state index in [0.29, 0.717) is 26.2 Å². The molecule has 1 saturated carbocycles. The van der Waals surface area contributed by atoms with Crippen molar-refractivity contribution in [1.29, 1.82) is 0 Å². The Kier molecular flexibility index (Phi) is 4.05. The normalized spacial score (nSPS) is 43.3. The number of rotatable bonds is 3. The van der Waals surface area contributed by atoms with Gasteiger partial charge in [0, 0.05) is 24.1 Å². The van der Waals surface area contributed by atoms with E-state index in [1.165, 1.54) is 0 Å². The van der Waals surface area contributed by atoms with E-state index >= 15 is 0 Å². The summed E-state index contributed by atoms with van der Waals surface area (Å²) in [5, 5.41) is 0.0448. The van der Waals surface area contributed by atoms with Crippen LogP contribution in [0.2, 0.25) is 0 Å². The molecule has 0 aromatic carbocycles. The number of carbonyl (C=O) groups is 2. The van der Waals surface area contributed by atoms with E-state index in [2.05, 4.69) is 12.6 Å². The van der Waals surface area contributed by atoms with Crippen LogP contribution in [0.1, 0.15) is 33.1 Å². The summed E-state index contributed by atoms with van der Waals surface area (Å²) in [4.78, 5) is 26.6. The zero-order valence-corrected chi connectivity index (χ0v) is 13.5. The topological polar surface area (TPSA) is 55.8 Å². The van der Waals surface area contributed by atoms with Gasteiger partial charge in [0.1, 0.15) is 17.6 Å². The Morgan fingerprint density at radius 2 is 2.29 bits per heavy atom. The van der Waals surface area contributed by atoms with Crippen LogP contribution in [0.5, 0.6) is 0 Å². The van der Waals surface area contributed by atoms with Gasteiger partial charge in [-0.1, -0.05) is 0 Å². The molecule has 3 fully saturated rings. The van der Waals surface area contributed by atoms with Crippen molar-refractivity contribution < 1.29 is 19.1 Å². The third-order valence-corrected chi connectivity index (χ3v) is 6.03. The standard InChI is InChI=1S/C15H23NO4S/c1-3-19-14(18)13-9-4-5-11(17)10(9)8-16(13)15(2)12(21)6-7-20-15/h9-10,12-13,21H,3-8H2,1-2H3/t9-,10-,12-,13-,15+/m0/s1. The summed E-state index contributed by atoms with van der Waals surface area (Å²) in [6.45, 7) is 5.37. The van der Waals surface area contributed by atoms with Crippen molar-refractivity contribution in [1.82, 2.24) is 4.90 Å². The van der Waals surface area contributed by atoms with E-state index in [4.69, 9.17) is 9.47 Å². The number of hydrogen-bond donors (Lipinski definition) is 1. The Labute approximate surface area is 130 Å². The van der Waals surface area contributed by atoms with Gasteiger partial charge < -0.3 is 9.47 Å². The summed E-state index contributed by atoms with van der Waals surface area (Å²) in [6.07, 6.45) is 2.21. The molecular formula is C15H23NO4S. The van der Waals surface area contributed by atoms with Crippen LogP contribution < -0.4 is 0 Å². The number of hydrogen-bond acceptors (Lipinski definition) is 6. The molecule has 0 aromatic rings. The molecule has 0 radical (unpaired) electrons. The average Bonchev–Trinajstić information content (AvgIpc) is 3.08. The highest BCUT2D eigenvalue weighted by Gasteiger charge is 2.59. The third-order valence-electron chi connectivity index (χ3n) is 5.29. The predicted octanol–water partition coefficient (Wildman–Crippen LogP) is 1.26. The lowest BCUT2D eigenvalue weighted by Crippen LogP contribution is -2.57. The molecule has 0 amide bonds. The molecule has 118 valence electrons. The molecule has 0 aromatic heterocycles. The van der Waals surface area contributed by atoms with Crippen LogP contribution >= 0.6 is 12.6 Å². The maximum Gasteiger partial charge on any atom is 0.323 e. The van der Waals surface area contributed by atoms with Gasteiger partial charge in [0.2, 0.25) is 0 Å². The van der Waals surface area contributed by atoms with E-state index in [1.807, 2.05) is 18.7 Å². The van der Waals surface area contributed by atoms with Crippen molar-refractivity contribution in [2.45, 2.75) is 50.1 Å². The van der Waals surface area contributed by atoms with Gasteiger partial charge >= 0.3 is 5.97 Å². The summed E-state index contributed by atoms with van der Waals surface area (Å²) in [7, 11) is 0. The Morgan fingerprint density at radius 3 is 2.90 bits per heavy atom. The lowest BCUT2D eigenvalue weighted by Gasteiger charge is -2.41. The quantitative estimate of drug-likeness (QED) is 0.628. The molecule has 0 bridgehead atoms. The second-order valence-corrected chi connectivity index (χ2v) is 6.96. The van der Waals surface area contributed by atoms with E-state index in [0.717, 1.165) is 12.8 Å². The summed E-state index contributed by atoms with van der Waals surface area (Å²) in [5.41, 5.74) is -0.592. The first-order valence-electron chi connectivity index (χ1n) is 7.77. The van der Waals surface area contributed by atoms with Gasteiger partial charge in [0.25, 0.3) is 0 Å². The van der Waals surface area contributed by atoms with Crippen LogP contribution in [0, 0.1) is 11.8 Å². The summed E-state index contributed by atoms with van der Waals surface area (Å²) in [6, 6.07) is -0.376. The number of thiol groups is 1. The number of Topliss-reactive ketones (excluding diaryl/α,β-unsaturated/α-hetero) is 1. The molecule has 0 spiro atoms. The van der Waals surface area contributed by atoms with E-state index in [1.54, 1.807) is 0 Å². The smallest absolute Gasteiger partial charge is 0.323 e. The highest BCUT2D eigenvalue weighted by atomic mass is 32.1. The van der Waals surface area contributed by atoms with Crippen LogP contribution in [0.4, 0.5) is 0 Å². The summed E-state index contributed by atoms with van der Waals surface area (Å²) >= 11 is 4.63. The number of carbonyl (C=O) groups excluding carboxylic acids is 2. The Balaban J connectivity index is 1.91. The van der Waals surface area contributed by atoms with Gasteiger partial charge in [0.05, 0.1) is 13.2 Å². The fourth-order valence-corrected chi connectivity index (χ4v) is 4.44. The number of esters is 1. The number of nitrogens with zero attached hydrogens (tertiary/aromatic N) is 1. The fourth-order valence-electron chi connectivity index (χ4n) is 4.11. The van der Waals surface area contributed by atoms with E-state index in [-0.39, 0.29) is 34.9 Å². The minimum Gasteiger partial charge on any atom is -0.465 e. The molecule has 1 aliphatic carbocycles. The molecule has 5 nitrogen and oxygen atoms in total. The zero-order valence-electron chi connectivity index (χ0n) is 12.6. The lowest BCUT2D eigenvalue weighted by molar-refractivity contribution is -0.165. The number of ketones is 1. The van der Waals surface area contributed by atoms with Crippen LogP contribution in [0.3, 0.4) is 0 Å². The van der Waals surface area contributed by atoms with Crippen LogP contribution in [-0.4, -0.2) is 53.4 Å². The van der Waals surface area contributed by atoms with Gasteiger partial charge in [-0.2, -0.15) is 12.6 Å². The van der Waals surface area contributed by atoms with Crippen LogP contribution in [0.15, 0.2) is 0 Å². The van der Waals surface area contributed by atoms with Crippen molar-refractivity contribution in [3.63, 3.8) is 0 Å². The molecule has 5 atom stereocenters. The molecule has 3 rings (SSSR count). The van der Waals surface area contributed by atoms with Crippen molar-refractivity contribution in [2.75, 3.05) is 19.8 Å². The highest BCUT2D eigenvalue weighted by Crippen LogP contribution is 2.46. The predicted molar refractivity (Wildman–Crippen MR) is 80.1 cm³/mol. The molecule has 3 aliphatic rings. The van der Waals surface area contributed by atoms with Crippen molar-refractivity contribution in [2.24, 2.45) is 11.8 Å². The molecule has 2 heterocycles. The minimum absolute atomic E-state index is 0.0448. The largest absolute Gasteiger partial charge is 0.465 e. The zero-order chi connectivity index (χ0) is 15.2. The maximum atomic E-state index is 12.5. The monoisotopic (exact) mass is 313 g/mol. The first-order valence-corrected chi connectivity index (χ1v) is 8.28. The lowest BCUT2D eigenvalue weighted by atomic mass is 9.93.